The van der Waals surface area contributed by atoms with Gasteiger partial charge in [-0.05, 0) is 83.5 Å². The van der Waals surface area contributed by atoms with Gasteiger partial charge in [0.25, 0.3) is 0 Å². The molecular weight excluding hydrogens is 1050 g/mol. The lowest BCUT2D eigenvalue weighted by molar-refractivity contribution is -0.379. The summed E-state index contributed by atoms with van der Waals surface area (Å²) in [6.45, 7) is 1.42. The van der Waals surface area contributed by atoms with Gasteiger partial charge < -0.3 is 89.9 Å². The molecule has 3 aliphatic rings. The fourth-order valence-corrected chi connectivity index (χ4v) is 9.24. The minimum atomic E-state index is -1.98. The van der Waals surface area contributed by atoms with Gasteiger partial charge in [0.15, 0.2) is 18.9 Å². The number of hydrogen-bond donors (Lipinski definition) is 12. The van der Waals surface area contributed by atoms with E-state index in [2.05, 4.69) is 122 Å². The number of amides is 1. The molecule has 462 valence electrons. The Kier molecular flexibility index (Phi) is 39.0. The van der Waals surface area contributed by atoms with Crippen LogP contribution in [-0.4, -0.2) is 193 Å². The van der Waals surface area contributed by atoms with Crippen molar-refractivity contribution in [2.24, 2.45) is 0 Å². The Morgan fingerprint density at radius 2 is 0.852 bits per heavy atom. The zero-order valence-corrected chi connectivity index (χ0v) is 48.0. The average molecular weight is 1150 g/mol. The van der Waals surface area contributed by atoms with Gasteiger partial charge in [-0.3, -0.25) is 4.79 Å². The number of aliphatic hydroxyl groups excluding tert-OH is 11. The van der Waals surface area contributed by atoms with Crippen LogP contribution in [0.3, 0.4) is 0 Å². The molecule has 3 fully saturated rings. The van der Waals surface area contributed by atoms with Gasteiger partial charge in [-0.15, -0.1) is 0 Å². The summed E-state index contributed by atoms with van der Waals surface area (Å²) in [5, 5.41) is 119. The number of aliphatic hydroxyl groups is 11. The maximum Gasteiger partial charge on any atom is 0.220 e. The van der Waals surface area contributed by atoms with Gasteiger partial charge in [0.2, 0.25) is 5.91 Å². The fraction of sp³-hybridized carbons (Fsp3) is 0.694. The molecule has 3 heterocycles. The molecule has 0 spiro atoms. The van der Waals surface area contributed by atoms with Gasteiger partial charge >= 0.3 is 0 Å². The lowest BCUT2D eigenvalue weighted by atomic mass is 9.96. The number of carbonyl (C=O) groups is 1. The maximum absolute atomic E-state index is 13.1. The highest BCUT2D eigenvalue weighted by Crippen LogP contribution is 2.33. The Labute approximate surface area is 481 Å². The summed E-state index contributed by atoms with van der Waals surface area (Å²) in [4.78, 5) is 13.1. The van der Waals surface area contributed by atoms with Gasteiger partial charge in [-0.1, -0.05) is 162 Å². The van der Waals surface area contributed by atoms with Crippen LogP contribution in [0.1, 0.15) is 142 Å². The Morgan fingerprint density at radius 1 is 0.457 bits per heavy atom. The maximum atomic E-state index is 13.1. The summed E-state index contributed by atoms with van der Waals surface area (Å²) >= 11 is 0. The third-order valence-corrected chi connectivity index (χ3v) is 14.1. The highest BCUT2D eigenvalue weighted by molar-refractivity contribution is 5.76. The Bertz CT molecular complexity index is 1900. The van der Waals surface area contributed by atoms with Crippen LogP contribution < -0.4 is 5.32 Å². The Balaban J connectivity index is 1.31. The molecule has 0 aromatic rings. The lowest BCUT2D eigenvalue weighted by Crippen LogP contribution is -2.66. The molecule has 0 aliphatic carbocycles. The van der Waals surface area contributed by atoms with Crippen LogP contribution in [0, 0.1) is 0 Å². The van der Waals surface area contributed by atoms with Crippen LogP contribution >= 0.6 is 0 Å². The van der Waals surface area contributed by atoms with Crippen molar-refractivity contribution in [2.75, 3.05) is 26.4 Å². The smallest absolute Gasteiger partial charge is 0.220 e. The van der Waals surface area contributed by atoms with Crippen molar-refractivity contribution in [3.05, 3.63) is 109 Å². The summed E-state index contributed by atoms with van der Waals surface area (Å²) in [6, 6.07) is -0.901. The first kappa shape index (κ1) is 71.7. The third-order valence-electron chi connectivity index (χ3n) is 14.1. The van der Waals surface area contributed by atoms with Crippen molar-refractivity contribution in [2.45, 2.75) is 247 Å². The molecule has 12 N–H and O–H groups in total. The summed E-state index contributed by atoms with van der Waals surface area (Å²) in [7, 11) is 0. The molecular formula is C62H101NO18. The zero-order valence-electron chi connectivity index (χ0n) is 48.0. The minimum absolute atomic E-state index is 0.233. The molecule has 19 nitrogen and oxygen atoms in total. The van der Waals surface area contributed by atoms with Crippen LogP contribution in [0.25, 0.3) is 0 Å². The number of hydrogen-bond acceptors (Lipinski definition) is 18. The predicted octanol–water partition coefficient (Wildman–Crippen LogP) is 5.14. The first-order valence-corrected chi connectivity index (χ1v) is 29.6. The molecule has 1 amide bonds. The SMILES string of the molecule is CC/C=C\C/C=C\C/C=C\C/C=C\C/C=C\C/C=C\C/C=C\C/C=C\C/C=C\CCCCCCCC(=O)NC(COC1OC(CO)C(OC2OC(CO)C(OC3OC(CO)C(O)C(O)C3O)C(O)C2O)C(O)C1O)C(O)CCCCC. The topological polar surface area (TPSA) is 307 Å². The minimum Gasteiger partial charge on any atom is -0.394 e. The van der Waals surface area contributed by atoms with Crippen LogP contribution in [0.5, 0.6) is 0 Å². The number of rotatable bonds is 41. The highest BCUT2D eigenvalue weighted by Gasteiger charge is 2.53. The van der Waals surface area contributed by atoms with Crippen molar-refractivity contribution in [3.8, 4) is 0 Å². The summed E-state index contributed by atoms with van der Waals surface area (Å²) in [5.41, 5.74) is 0. The van der Waals surface area contributed by atoms with Gasteiger partial charge in [-0.25, -0.2) is 0 Å². The second-order valence-electron chi connectivity index (χ2n) is 20.7. The van der Waals surface area contributed by atoms with Crippen molar-refractivity contribution < 1.29 is 89.4 Å². The molecule has 0 radical (unpaired) electrons. The summed E-state index contributed by atoms with van der Waals surface area (Å²) < 4.78 is 34.0. The van der Waals surface area contributed by atoms with Crippen molar-refractivity contribution in [3.63, 3.8) is 0 Å². The number of allylic oxidation sites excluding steroid dienone is 18. The second kappa shape index (κ2) is 44.0. The van der Waals surface area contributed by atoms with E-state index < -0.39 is 124 Å². The Hall–Kier alpha value is -3.55. The molecule has 3 saturated heterocycles. The van der Waals surface area contributed by atoms with E-state index >= 15 is 0 Å². The first-order chi connectivity index (χ1) is 39.3. The third kappa shape index (κ3) is 27.8. The Morgan fingerprint density at radius 3 is 1.31 bits per heavy atom. The van der Waals surface area contributed by atoms with Gasteiger partial charge in [0.05, 0.1) is 38.6 Å². The number of ether oxygens (including phenoxy) is 6. The van der Waals surface area contributed by atoms with Crippen molar-refractivity contribution in [1.82, 2.24) is 5.32 Å². The van der Waals surface area contributed by atoms with E-state index in [1.165, 1.54) is 0 Å². The molecule has 0 saturated carbocycles. The van der Waals surface area contributed by atoms with Gasteiger partial charge in [-0.2, -0.15) is 0 Å². The zero-order chi connectivity index (χ0) is 59.0. The molecule has 0 aromatic carbocycles. The quantitative estimate of drug-likeness (QED) is 0.0278. The summed E-state index contributed by atoms with van der Waals surface area (Å²) in [5.74, 6) is -0.281. The summed E-state index contributed by atoms with van der Waals surface area (Å²) in [6.07, 6.45) is 30.3. The van der Waals surface area contributed by atoms with Crippen LogP contribution in [0.15, 0.2) is 109 Å². The second-order valence-corrected chi connectivity index (χ2v) is 20.7. The highest BCUT2D eigenvalue weighted by atomic mass is 16.8. The van der Waals surface area contributed by atoms with Crippen LogP contribution in [0.2, 0.25) is 0 Å². The lowest BCUT2D eigenvalue weighted by Gasteiger charge is -2.48. The van der Waals surface area contributed by atoms with E-state index in [1.54, 1.807) is 0 Å². The number of unbranched alkanes of at least 4 members (excludes halogenated alkanes) is 7. The largest absolute Gasteiger partial charge is 0.394 e. The average Bonchev–Trinajstić information content (AvgIpc) is 3.55. The standard InChI is InChI=1S/C62H101NO18/c1-3-5-7-8-9-10-11-12-13-14-15-16-17-18-19-20-21-22-23-24-25-26-27-28-29-30-31-32-33-34-35-36-38-40-50(68)63-45(46(67)39-37-6-4-2)44-76-60-56(74)53(71)58(48(42-65)78-60)81-62-57(75)54(72)59(49(43-66)79-62)80-61-55(73)52(70)51(69)47(41-64)77-61/h5,7,9-10,12-13,15-16,18-19,21-22,24-25,27-28,30-31,45-49,51-62,64-67,69-75H,3-4,6,8,11,14,17,20,23,26,29,32-44H2,1-2H3,(H,63,68)/b7-5-,10-9-,13-12-,16-15-,19-18-,22-21-,25-24-,28-27-,31-30-. The van der Waals surface area contributed by atoms with Crippen LogP contribution in [0.4, 0.5) is 0 Å². The van der Waals surface area contributed by atoms with Gasteiger partial charge in [0.1, 0.15) is 73.2 Å². The molecule has 3 rings (SSSR count). The predicted molar refractivity (Wildman–Crippen MR) is 309 cm³/mol. The number of nitrogens with one attached hydrogen (secondary N) is 1. The fourth-order valence-electron chi connectivity index (χ4n) is 9.24. The molecule has 17 unspecified atom stereocenters. The normalized spacial score (nSPS) is 30.6. The van der Waals surface area contributed by atoms with E-state index in [4.69, 9.17) is 28.4 Å². The molecule has 19 heteroatoms. The van der Waals surface area contributed by atoms with Gasteiger partial charge in [0, 0.05) is 6.42 Å². The van der Waals surface area contributed by atoms with Crippen molar-refractivity contribution >= 4 is 5.91 Å². The molecule has 3 aliphatic heterocycles. The molecule has 0 aromatic heterocycles. The monoisotopic (exact) mass is 1150 g/mol. The molecule has 81 heavy (non-hydrogen) atoms. The van der Waals surface area contributed by atoms with E-state index in [0.717, 1.165) is 103 Å². The van der Waals surface area contributed by atoms with E-state index in [-0.39, 0.29) is 18.9 Å². The number of carbonyl (C=O) groups excluding carboxylic acids is 1. The molecule has 0 bridgehead atoms. The van der Waals surface area contributed by atoms with E-state index in [1.807, 2.05) is 6.92 Å². The molecule has 17 atom stereocenters. The van der Waals surface area contributed by atoms with E-state index in [9.17, 15) is 61.0 Å². The first-order valence-electron chi connectivity index (χ1n) is 29.6. The van der Waals surface area contributed by atoms with Crippen molar-refractivity contribution in [1.29, 1.82) is 0 Å². The van der Waals surface area contributed by atoms with E-state index in [0.29, 0.717) is 19.3 Å². The van der Waals surface area contributed by atoms with Crippen LogP contribution in [-0.2, 0) is 33.2 Å².